The highest BCUT2D eigenvalue weighted by Crippen LogP contribution is 2.53. The predicted molar refractivity (Wildman–Crippen MR) is 148 cm³/mol. The molecule has 1 heterocycles. The average molecular weight is 444 g/mol. The number of benzene rings is 1. The van der Waals surface area contributed by atoms with Gasteiger partial charge in [-0.25, -0.2) is 0 Å². The molecule has 1 aliphatic heterocycles. The van der Waals surface area contributed by atoms with E-state index in [0.717, 1.165) is 25.7 Å². The van der Waals surface area contributed by atoms with E-state index < -0.39 is 0 Å². The number of hydrogen-bond acceptors (Lipinski definition) is 1. The molecule has 0 saturated carbocycles. The molecule has 3 unspecified atom stereocenters. The Morgan fingerprint density at radius 1 is 1.09 bits per heavy atom. The minimum Gasteiger partial charge on any atom is -0.281 e. The molecule has 1 heteroatoms. The summed E-state index contributed by atoms with van der Waals surface area (Å²) in [6.45, 7) is 18.4. The van der Waals surface area contributed by atoms with E-state index in [2.05, 4.69) is 104 Å². The molecule has 33 heavy (non-hydrogen) atoms. The molecule has 0 bridgehead atoms. The highest BCUT2D eigenvalue weighted by molar-refractivity contribution is 5.78. The van der Waals surface area contributed by atoms with Gasteiger partial charge in [0, 0.05) is 11.6 Å². The molecule has 1 aromatic rings. The number of rotatable bonds is 9. The molecule has 178 valence electrons. The quantitative estimate of drug-likeness (QED) is 0.337. The van der Waals surface area contributed by atoms with Crippen molar-refractivity contribution in [2.24, 2.45) is 10.9 Å². The zero-order valence-electron chi connectivity index (χ0n) is 22.3. The van der Waals surface area contributed by atoms with Crippen LogP contribution in [0.3, 0.4) is 0 Å². The van der Waals surface area contributed by atoms with Gasteiger partial charge in [0.1, 0.15) is 0 Å². The van der Waals surface area contributed by atoms with Gasteiger partial charge in [0.25, 0.3) is 0 Å². The second-order valence-corrected chi connectivity index (χ2v) is 10.5. The summed E-state index contributed by atoms with van der Waals surface area (Å²) in [4.78, 5) is 5.03. The average Bonchev–Trinajstić information content (AvgIpc) is 3.41. The molecular weight excluding hydrogens is 398 g/mol. The lowest BCUT2D eigenvalue weighted by molar-refractivity contribution is 0.361. The van der Waals surface area contributed by atoms with Gasteiger partial charge in [-0.3, -0.25) is 4.99 Å². The van der Waals surface area contributed by atoms with Crippen LogP contribution >= 0.6 is 0 Å². The molecule has 1 aromatic carbocycles. The van der Waals surface area contributed by atoms with Crippen molar-refractivity contribution in [3.63, 3.8) is 0 Å². The topological polar surface area (TPSA) is 12.4 Å². The summed E-state index contributed by atoms with van der Waals surface area (Å²) in [5.74, 6) is 1.06. The number of fused-ring (bicyclic) bond motifs is 1. The van der Waals surface area contributed by atoms with Crippen LogP contribution in [0, 0.1) is 5.92 Å². The molecule has 0 radical (unpaired) electrons. The Bertz CT molecular complexity index is 986. The van der Waals surface area contributed by atoms with Gasteiger partial charge in [0.05, 0.1) is 5.54 Å². The fourth-order valence-corrected chi connectivity index (χ4v) is 5.59. The van der Waals surface area contributed by atoms with Crippen molar-refractivity contribution >= 4 is 18.4 Å². The molecule has 0 aromatic heterocycles. The third-order valence-electron chi connectivity index (χ3n) is 8.10. The van der Waals surface area contributed by atoms with Gasteiger partial charge >= 0.3 is 0 Å². The van der Waals surface area contributed by atoms with Crippen LogP contribution in [0.1, 0.15) is 115 Å². The maximum atomic E-state index is 5.03. The first-order chi connectivity index (χ1) is 15.7. The molecule has 1 aliphatic carbocycles. The Hall–Kier alpha value is -2.15. The van der Waals surface area contributed by atoms with Crippen LogP contribution < -0.4 is 0 Å². The minimum atomic E-state index is -0.228. The van der Waals surface area contributed by atoms with Crippen LogP contribution in [-0.4, -0.2) is 11.8 Å². The summed E-state index contributed by atoms with van der Waals surface area (Å²) in [6.07, 6.45) is 24.0. The molecule has 2 aliphatic rings. The molecule has 0 fully saturated rings. The summed E-state index contributed by atoms with van der Waals surface area (Å²) in [5, 5.41) is 0. The number of allylic oxidation sites excluding steroid dienone is 4. The lowest BCUT2D eigenvalue weighted by Crippen LogP contribution is -2.43. The van der Waals surface area contributed by atoms with Crippen molar-refractivity contribution in [1.82, 2.24) is 0 Å². The van der Waals surface area contributed by atoms with Gasteiger partial charge in [0.15, 0.2) is 0 Å². The van der Waals surface area contributed by atoms with Crippen LogP contribution in [0.2, 0.25) is 0 Å². The molecule has 0 spiro atoms. The van der Waals surface area contributed by atoms with Gasteiger partial charge in [0.2, 0.25) is 0 Å². The van der Waals surface area contributed by atoms with Crippen LogP contribution in [0.5, 0.6) is 0 Å². The first-order valence-corrected chi connectivity index (χ1v) is 13.2. The predicted octanol–water partition coefficient (Wildman–Crippen LogP) is 9.23. The largest absolute Gasteiger partial charge is 0.281 e. The Kier molecular flexibility index (Phi) is 8.04. The van der Waals surface area contributed by atoms with Crippen molar-refractivity contribution in [2.75, 3.05) is 0 Å². The van der Waals surface area contributed by atoms with Gasteiger partial charge in [-0.1, -0.05) is 89.6 Å². The number of nitrogens with zero attached hydrogens (tertiary/aromatic N) is 1. The molecule has 0 saturated heterocycles. The fraction of sp³-hybridized carbons (Fsp3) is 0.531. The van der Waals surface area contributed by atoms with E-state index in [0.29, 0.717) is 11.8 Å². The fourth-order valence-electron chi connectivity index (χ4n) is 5.59. The SMILES string of the molecule is CC/C=C/c1c(/C=C(\C)C(C)CC)c(C(C)C)cc2c1CCC2(/C=C/CC)C1(C)C=CC=N1. The molecule has 1 nitrogen and oxygen atoms in total. The van der Waals surface area contributed by atoms with Crippen molar-refractivity contribution in [2.45, 2.75) is 104 Å². The minimum absolute atomic E-state index is 0.0890. The Morgan fingerprint density at radius 2 is 1.82 bits per heavy atom. The standard InChI is InChI=1S/C32H45N/c1-9-12-15-26-27-16-19-32(18-13-10-2,31(8)17-14-20-33-31)30(27)22-28(23(4)5)29(26)21-25(7)24(6)11-3/h12-15,17-18,20-24H,9-11,16,19H2,1-8H3/b15-12+,18-13+,25-21+. The number of aliphatic imine (C=N–C) groups is 1. The maximum absolute atomic E-state index is 5.03. The first-order valence-electron chi connectivity index (χ1n) is 13.2. The van der Waals surface area contributed by atoms with E-state index >= 15 is 0 Å². The summed E-state index contributed by atoms with van der Waals surface area (Å²) in [6, 6.07) is 2.55. The van der Waals surface area contributed by atoms with Gasteiger partial charge < -0.3 is 0 Å². The van der Waals surface area contributed by atoms with E-state index in [1.807, 2.05) is 6.21 Å². The first kappa shape index (κ1) is 25.5. The lowest BCUT2D eigenvalue weighted by Gasteiger charge is -2.40. The summed E-state index contributed by atoms with van der Waals surface area (Å²) >= 11 is 0. The van der Waals surface area contributed by atoms with E-state index in [4.69, 9.17) is 4.99 Å². The van der Waals surface area contributed by atoms with Gasteiger partial charge in [-0.05, 0) is 91.7 Å². The summed E-state index contributed by atoms with van der Waals surface area (Å²) in [7, 11) is 0. The molecule has 0 N–H and O–H groups in total. The van der Waals surface area contributed by atoms with Crippen LogP contribution in [0.15, 0.2) is 47.0 Å². The van der Waals surface area contributed by atoms with E-state index in [1.165, 1.54) is 39.8 Å². The molecular formula is C32H45N. The zero-order valence-corrected chi connectivity index (χ0v) is 22.3. The van der Waals surface area contributed by atoms with Crippen molar-refractivity contribution in [3.8, 4) is 0 Å². The van der Waals surface area contributed by atoms with Crippen LogP contribution in [0.25, 0.3) is 12.2 Å². The van der Waals surface area contributed by atoms with Crippen molar-refractivity contribution in [1.29, 1.82) is 0 Å². The zero-order chi connectivity index (χ0) is 24.2. The smallest absolute Gasteiger partial charge is 0.0894 e. The normalized spacial score (nSPS) is 25.8. The summed E-state index contributed by atoms with van der Waals surface area (Å²) < 4.78 is 0. The maximum Gasteiger partial charge on any atom is 0.0894 e. The second kappa shape index (κ2) is 10.4. The third kappa shape index (κ3) is 4.61. The van der Waals surface area contributed by atoms with Crippen molar-refractivity contribution < 1.29 is 0 Å². The molecule has 3 rings (SSSR count). The molecule has 3 atom stereocenters. The Labute approximate surface area is 203 Å². The highest BCUT2D eigenvalue weighted by atomic mass is 14.9. The lowest BCUT2D eigenvalue weighted by atomic mass is 9.66. The number of hydrogen-bond donors (Lipinski definition) is 0. The third-order valence-corrected chi connectivity index (χ3v) is 8.10. The van der Waals surface area contributed by atoms with Crippen LogP contribution in [0.4, 0.5) is 0 Å². The Morgan fingerprint density at radius 3 is 2.39 bits per heavy atom. The monoisotopic (exact) mass is 443 g/mol. The second-order valence-electron chi connectivity index (χ2n) is 10.5. The van der Waals surface area contributed by atoms with Gasteiger partial charge in [-0.2, -0.15) is 0 Å². The van der Waals surface area contributed by atoms with E-state index in [-0.39, 0.29) is 11.0 Å². The van der Waals surface area contributed by atoms with E-state index in [1.54, 1.807) is 0 Å². The summed E-state index contributed by atoms with van der Waals surface area (Å²) in [5.41, 5.74) is 8.55. The molecule has 0 amide bonds. The van der Waals surface area contributed by atoms with E-state index in [9.17, 15) is 0 Å². The Balaban J connectivity index is 2.37. The van der Waals surface area contributed by atoms with Gasteiger partial charge in [-0.15, -0.1) is 0 Å². The van der Waals surface area contributed by atoms with Crippen LogP contribution in [-0.2, 0) is 11.8 Å². The van der Waals surface area contributed by atoms with Crippen molar-refractivity contribution in [3.05, 3.63) is 69.8 Å². The highest BCUT2D eigenvalue weighted by Gasteiger charge is 2.51.